The van der Waals surface area contributed by atoms with Gasteiger partial charge in [0.15, 0.2) is 0 Å². The number of hydrogen-bond acceptors (Lipinski definition) is 2. The van der Waals surface area contributed by atoms with Crippen molar-refractivity contribution in [3.63, 3.8) is 0 Å². The number of fused-ring (bicyclic) bond motifs is 1. The van der Waals surface area contributed by atoms with Crippen molar-refractivity contribution in [2.45, 2.75) is 0 Å². The highest BCUT2D eigenvalue weighted by atomic mass is 79.9. The fourth-order valence-electron chi connectivity index (χ4n) is 1.84. The monoisotopic (exact) mass is 353 g/mol. The Morgan fingerprint density at radius 1 is 1.05 bits per heavy atom. The molecule has 5 heteroatoms. The zero-order valence-corrected chi connectivity index (χ0v) is 12.9. The molecule has 2 nitrogen and oxygen atoms in total. The smallest absolute Gasteiger partial charge is 0.427 e. The third-order valence-corrected chi connectivity index (χ3v) is 3.98. The topological polar surface area (TPSA) is 20.9 Å². The van der Waals surface area contributed by atoms with Crippen LogP contribution in [0.2, 0.25) is 5.02 Å². The van der Waals surface area contributed by atoms with Crippen LogP contribution in [0.15, 0.2) is 54.0 Å². The Bertz CT molecular complexity index is 741. The van der Waals surface area contributed by atoms with Crippen molar-refractivity contribution in [3.05, 3.63) is 64.6 Å². The third kappa shape index (κ3) is 2.56. The van der Waals surface area contributed by atoms with E-state index in [0.29, 0.717) is 10.6 Å². The maximum Gasteiger partial charge on any atom is 0.427 e. The van der Waals surface area contributed by atoms with Gasteiger partial charge in [-0.05, 0) is 18.2 Å². The van der Waals surface area contributed by atoms with Crippen molar-refractivity contribution >= 4 is 39.1 Å². The highest BCUT2D eigenvalue weighted by Crippen LogP contribution is 2.18. The summed E-state index contributed by atoms with van der Waals surface area (Å²) in [5, 5.41) is 0.477. The number of carbonyl (C=O) groups excluding carboxylic acids is 1. The Balaban J connectivity index is 0.00000133. The molecule has 2 aromatic carbocycles. The lowest BCUT2D eigenvalue weighted by atomic mass is 10.2. The predicted molar refractivity (Wildman–Crippen MR) is 73.2 cm³/mol. The van der Waals surface area contributed by atoms with Gasteiger partial charge < -0.3 is 17.0 Å². The summed E-state index contributed by atoms with van der Waals surface area (Å²) in [5.41, 5.74) is 3.25. The zero-order valence-electron chi connectivity index (χ0n) is 9.72. The van der Waals surface area contributed by atoms with Crippen LogP contribution in [-0.2, 0) is 0 Å². The van der Waals surface area contributed by atoms with E-state index in [-0.39, 0.29) is 22.9 Å². The van der Waals surface area contributed by atoms with Crippen molar-refractivity contribution < 1.29 is 26.3 Å². The molecule has 0 atom stereocenters. The van der Waals surface area contributed by atoms with Gasteiger partial charge in [0.2, 0.25) is 11.0 Å². The molecule has 0 N–H and O–H groups in total. The first-order valence-electron chi connectivity index (χ1n) is 5.44. The van der Waals surface area contributed by atoms with Crippen LogP contribution >= 0.6 is 22.9 Å². The highest BCUT2D eigenvalue weighted by molar-refractivity contribution is 7.16. The van der Waals surface area contributed by atoms with Gasteiger partial charge in [0.25, 0.3) is 0 Å². The lowest BCUT2D eigenvalue weighted by molar-refractivity contribution is -0.537. The first kappa shape index (κ1) is 14.2. The fraction of sp³-hybridized carbons (Fsp3) is 0. The second-order valence-electron chi connectivity index (χ2n) is 3.85. The Labute approximate surface area is 130 Å². The maximum atomic E-state index is 12.4. The molecule has 0 aliphatic carbocycles. The van der Waals surface area contributed by atoms with Gasteiger partial charge in [0.1, 0.15) is 10.3 Å². The van der Waals surface area contributed by atoms with Crippen molar-refractivity contribution in [1.82, 2.24) is 0 Å². The summed E-state index contributed by atoms with van der Waals surface area (Å²) >= 11 is 7.60. The van der Waals surface area contributed by atoms with Crippen LogP contribution in [0, 0.1) is 0 Å². The van der Waals surface area contributed by atoms with Crippen LogP contribution in [-0.4, -0.2) is 5.91 Å². The number of para-hydroxylation sites is 1. The highest BCUT2D eigenvalue weighted by Gasteiger charge is 2.24. The van der Waals surface area contributed by atoms with Gasteiger partial charge in [-0.3, -0.25) is 0 Å². The molecule has 0 spiro atoms. The van der Waals surface area contributed by atoms with Crippen molar-refractivity contribution in [2.75, 3.05) is 0 Å². The largest absolute Gasteiger partial charge is 1.00 e. The molecule has 0 aliphatic heterocycles. The van der Waals surface area contributed by atoms with Gasteiger partial charge in [0.05, 0.1) is 5.02 Å². The van der Waals surface area contributed by atoms with Crippen molar-refractivity contribution in [1.29, 1.82) is 0 Å². The normalized spacial score (nSPS) is 10.2. The number of nitrogens with zero attached hydrogens (tertiary/aromatic N) is 1. The quantitative estimate of drug-likeness (QED) is 0.584. The Hall–Kier alpha value is -1.23. The molecule has 0 saturated heterocycles. The standard InChI is InChI=1S/C14H9ClNOS.BrH/c15-11-6-2-1-5-10(11)14(17)16-9-18-13-8-4-3-7-12(13)16;/h1-9H;1H/q+1;/p-1. The third-order valence-electron chi connectivity index (χ3n) is 2.73. The summed E-state index contributed by atoms with van der Waals surface area (Å²) in [6.07, 6.45) is 0. The van der Waals surface area contributed by atoms with Crippen LogP contribution in [0.25, 0.3) is 10.2 Å². The predicted octanol–water partition coefficient (Wildman–Crippen LogP) is 0.535. The molecule has 1 aromatic heterocycles. The average molecular weight is 355 g/mol. The van der Waals surface area contributed by atoms with Crippen LogP contribution in [0.3, 0.4) is 0 Å². The minimum absolute atomic E-state index is 0. The lowest BCUT2D eigenvalue weighted by Crippen LogP contribution is -3.00. The van der Waals surface area contributed by atoms with Crippen LogP contribution < -0.4 is 21.5 Å². The first-order valence-corrected chi connectivity index (χ1v) is 6.70. The van der Waals surface area contributed by atoms with Gasteiger partial charge in [-0.25, -0.2) is 4.79 Å². The molecule has 0 aliphatic rings. The van der Waals surface area contributed by atoms with Crippen molar-refractivity contribution in [3.8, 4) is 0 Å². The molecule has 96 valence electrons. The number of benzene rings is 2. The fourth-order valence-corrected chi connectivity index (χ4v) is 2.93. The molecule has 0 saturated carbocycles. The molecule has 0 amide bonds. The molecule has 0 radical (unpaired) electrons. The van der Waals surface area contributed by atoms with Crippen LogP contribution in [0.4, 0.5) is 0 Å². The van der Waals surface area contributed by atoms with E-state index in [0.717, 1.165) is 10.2 Å². The van der Waals surface area contributed by atoms with Gasteiger partial charge in [-0.15, -0.1) is 4.57 Å². The molecular weight excluding hydrogens is 346 g/mol. The second kappa shape index (κ2) is 5.82. The Morgan fingerprint density at radius 2 is 1.74 bits per heavy atom. The number of halogens is 2. The molecule has 1 heterocycles. The summed E-state index contributed by atoms with van der Waals surface area (Å²) in [6.45, 7) is 0. The number of rotatable bonds is 1. The number of aromatic nitrogens is 1. The summed E-state index contributed by atoms with van der Waals surface area (Å²) < 4.78 is 2.72. The van der Waals surface area contributed by atoms with E-state index in [1.54, 1.807) is 28.0 Å². The average Bonchev–Trinajstić information content (AvgIpc) is 2.82. The number of carbonyl (C=O) groups is 1. The summed E-state index contributed by atoms with van der Waals surface area (Å²) in [7, 11) is 0. The van der Waals surface area contributed by atoms with Gasteiger partial charge in [-0.1, -0.05) is 47.2 Å². The molecule has 0 bridgehead atoms. The van der Waals surface area contributed by atoms with E-state index in [2.05, 4.69) is 0 Å². The molecule has 19 heavy (non-hydrogen) atoms. The second-order valence-corrected chi connectivity index (χ2v) is 5.14. The molecular formula is C14H9BrClNOS. The minimum atomic E-state index is -0.0990. The van der Waals surface area contributed by atoms with Gasteiger partial charge in [0, 0.05) is 6.07 Å². The lowest BCUT2D eigenvalue weighted by Gasteiger charge is -1.96. The van der Waals surface area contributed by atoms with E-state index in [1.807, 2.05) is 41.9 Å². The summed E-state index contributed by atoms with van der Waals surface area (Å²) in [5.74, 6) is -0.0990. The van der Waals surface area contributed by atoms with Gasteiger partial charge in [-0.2, -0.15) is 0 Å². The first-order chi connectivity index (χ1) is 8.77. The zero-order chi connectivity index (χ0) is 12.5. The van der Waals surface area contributed by atoms with E-state index < -0.39 is 0 Å². The molecule has 0 fully saturated rings. The molecule has 3 aromatic rings. The van der Waals surface area contributed by atoms with E-state index in [4.69, 9.17) is 11.6 Å². The Morgan fingerprint density at radius 3 is 2.53 bits per heavy atom. The van der Waals surface area contributed by atoms with E-state index in [9.17, 15) is 4.79 Å². The molecule has 0 unspecified atom stereocenters. The van der Waals surface area contributed by atoms with E-state index in [1.165, 1.54) is 0 Å². The van der Waals surface area contributed by atoms with Crippen LogP contribution in [0.5, 0.6) is 0 Å². The Kier molecular flexibility index (Phi) is 4.34. The maximum absolute atomic E-state index is 12.4. The summed E-state index contributed by atoms with van der Waals surface area (Å²) in [6, 6.07) is 14.9. The minimum Gasteiger partial charge on any atom is -1.00 e. The molecule has 3 rings (SSSR count). The van der Waals surface area contributed by atoms with Gasteiger partial charge >= 0.3 is 5.91 Å². The SMILES string of the molecule is O=C(c1ccccc1Cl)[n+]1csc2ccccc21.[Br-]. The number of thiazole rings is 1. The number of hydrogen-bond donors (Lipinski definition) is 0. The summed E-state index contributed by atoms with van der Waals surface area (Å²) in [4.78, 5) is 12.4. The van der Waals surface area contributed by atoms with Crippen LogP contribution in [0.1, 0.15) is 10.4 Å². The van der Waals surface area contributed by atoms with E-state index >= 15 is 0 Å². The van der Waals surface area contributed by atoms with Crippen molar-refractivity contribution in [2.24, 2.45) is 0 Å².